The van der Waals surface area contributed by atoms with E-state index in [0.717, 1.165) is 24.5 Å². The van der Waals surface area contributed by atoms with Crippen LogP contribution in [-0.2, 0) is 9.53 Å². The largest absolute Gasteiger partial charge is 0.379 e. The smallest absolute Gasteiger partial charge is 0.327 e. The number of hydrogen-bond acceptors (Lipinski definition) is 4. The van der Waals surface area contributed by atoms with Crippen LogP contribution in [0.15, 0.2) is 0 Å². The van der Waals surface area contributed by atoms with E-state index in [-0.39, 0.29) is 24.0 Å². The summed E-state index contributed by atoms with van der Waals surface area (Å²) in [6.45, 7) is 1.93. The van der Waals surface area contributed by atoms with Crippen molar-refractivity contribution in [2.45, 2.75) is 24.9 Å². The number of nitrogens with zero attached hydrogens (tertiary/aromatic N) is 2. The van der Waals surface area contributed by atoms with Crippen molar-refractivity contribution in [3.05, 3.63) is 0 Å². The second kappa shape index (κ2) is 4.49. The van der Waals surface area contributed by atoms with Crippen molar-refractivity contribution in [3.63, 3.8) is 0 Å². The third-order valence-corrected chi connectivity index (χ3v) is 4.72. The molecule has 2 unspecified atom stereocenters. The standard InChI is InChI=1S/C11H16N2O3S/c14-10-5-9-7-17-4-2-12(9)11(15)13(10)8-1-3-16-6-8/h8-9H,1-7H2. The van der Waals surface area contributed by atoms with Crippen LogP contribution >= 0.6 is 11.8 Å². The summed E-state index contributed by atoms with van der Waals surface area (Å²) in [7, 11) is 0. The van der Waals surface area contributed by atoms with Gasteiger partial charge in [-0.15, -0.1) is 0 Å². The first-order valence-corrected chi connectivity index (χ1v) is 7.21. The molecule has 94 valence electrons. The molecule has 0 aliphatic carbocycles. The minimum absolute atomic E-state index is 0.0192. The molecular formula is C11H16N2O3S. The molecule has 3 saturated heterocycles. The first kappa shape index (κ1) is 11.3. The first-order valence-electron chi connectivity index (χ1n) is 6.05. The van der Waals surface area contributed by atoms with Crippen LogP contribution in [0.4, 0.5) is 4.79 Å². The second-order valence-electron chi connectivity index (χ2n) is 4.69. The molecule has 3 rings (SSSR count). The molecule has 0 spiro atoms. The van der Waals surface area contributed by atoms with E-state index in [1.807, 2.05) is 16.7 Å². The molecule has 0 aromatic rings. The number of rotatable bonds is 1. The van der Waals surface area contributed by atoms with Gasteiger partial charge in [0.25, 0.3) is 0 Å². The molecule has 3 amide bonds. The van der Waals surface area contributed by atoms with Crippen molar-refractivity contribution in [1.82, 2.24) is 9.80 Å². The Balaban J connectivity index is 1.79. The van der Waals surface area contributed by atoms with E-state index in [1.54, 1.807) is 0 Å². The summed E-state index contributed by atoms with van der Waals surface area (Å²) in [5.41, 5.74) is 0. The fraction of sp³-hybridized carbons (Fsp3) is 0.818. The number of hydrogen-bond donors (Lipinski definition) is 0. The number of imide groups is 1. The lowest BCUT2D eigenvalue weighted by molar-refractivity contribution is -0.134. The fourth-order valence-electron chi connectivity index (χ4n) is 2.71. The van der Waals surface area contributed by atoms with Crippen molar-refractivity contribution in [2.75, 3.05) is 31.3 Å². The molecule has 0 saturated carbocycles. The van der Waals surface area contributed by atoms with Crippen LogP contribution in [0.1, 0.15) is 12.8 Å². The maximum absolute atomic E-state index is 12.3. The molecule has 3 aliphatic heterocycles. The predicted molar refractivity (Wildman–Crippen MR) is 63.9 cm³/mol. The van der Waals surface area contributed by atoms with E-state index in [1.165, 1.54) is 4.90 Å². The molecule has 5 nitrogen and oxygen atoms in total. The van der Waals surface area contributed by atoms with Gasteiger partial charge < -0.3 is 9.64 Å². The Morgan fingerprint density at radius 2 is 2.18 bits per heavy atom. The molecule has 17 heavy (non-hydrogen) atoms. The summed E-state index contributed by atoms with van der Waals surface area (Å²) in [5.74, 6) is 1.85. The van der Waals surface area contributed by atoms with Crippen molar-refractivity contribution in [1.29, 1.82) is 0 Å². The van der Waals surface area contributed by atoms with Crippen molar-refractivity contribution in [2.24, 2.45) is 0 Å². The van der Waals surface area contributed by atoms with Gasteiger partial charge in [-0.1, -0.05) is 0 Å². The van der Waals surface area contributed by atoms with Gasteiger partial charge in [-0.2, -0.15) is 11.8 Å². The van der Waals surface area contributed by atoms with Gasteiger partial charge in [0.05, 0.1) is 18.7 Å². The Kier molecular flexibility index (Phi) is 3.00. The van der Waals surface area contributed by atoms with Gasteiger partial charge in [-0.25, -0.2) is 4.79 Å². The monoisotopic (exact) mass is 256 g/mol. The molecule has 2 atom stereocenters. The zero-order valence-electron chi connectivity index (χ0n) is 9.63. The van der Waals surface area contributed by atoms with Gasteiger partial charge in [0.1, 0.15) is 0 Å². The summed E-state index contributed by atoms with van der Waals surface area (Å²) in [6, 6.07) is -0.0140. The van der Waals surface area contributed by atoms with E-state index in [4.69, 9.17) is 4.74 Å². The van der Waals surface area contributed by atoms with Gasteiger partial charge in [0.15, 0.2) is 0 Å². The van der Waals surface area contributed by atoms with Gasteiger partial charge in [0, 0.05) is 31.1 Å². The summed E-state index contributed by atoms with van der Waals surface area (Å²) in [5, 5.41) is 0. The number of fused-ring (bicyclic) bond motifs is 1. The van der Waals surface area contributed by atoms with Crippen LogP contribution in [0, 0.1) is 0 Å². The predicted octanol–water partition coefficient (Wildman–Crippen LogP) is 0.545. The lowest BCUT2D eigenvalue weighted by Gasteiger charge is -2.44. The average Bonchev–Trinajstić information content (AvgIpc) is 2.83. The fourth-order valence-corrected chi connectivity index (χ4v) is 3.77. The zero-order chi connectivity index (χ0) is 11.8. The van der Waals surface area contributed by atoms with Gasteiger partial charge in [0.2, 0.25) is 5.91 Å². The van der Waals surface area contributed by atoms with Crippen LogP contribution in [0.2, 0.25) is 0 Å². The van der Waals surface area contributed by atoms with Crippen molar-refractivity contribution < 1.29 is 14.3 Å². The Bertz CT molecular complexity index is 344. The summed E-state index contributed by atoms with van der Waals surface area (Å²) in [6.07, 6.45) is 1.26. The highest BCUT2D eigenvalue weighted by Gasteiger charge is 2.43. The van der Waals surface area contributed by atoms with Crippen molar-refractivity contribution in [3.8, 4) is 0 Å². The molecule has 0 aromatic carbocycles. The lowest BCUT2D eigenvalue weighted by atomic mass is 10.1. The van der Waals surface area contributed by atoms with Crippen LogP contribution in [0.25, 0.3) is 0 Å². The zero-order valence-corrected chi connectivity index (χ0v) is 10.4. The maximum Gasteiger partial charge on any atom is 0.327 e. The van der Waals surface area contributed by atoms with E-state index in [9.17, 15) is 9.59 Å². The molecule has 0 radical (unpaired) electrons. The third-order valence-electron chi connectivity index (χ3n) is 3.63. The van der Waals surface area contributed by atoms with Gasteiger partial charge in [-0.05, 0) is 6.42 Å². The van der Waals surface area contributed by atoms with E-state index < -0.39 is 0 Å². The molecular weight excluding hydrogens is 240 g/mol. The molecule has 3 aliphatic rings. The van der Waals surface area contributed by atoms with Gasteiger partial charge >= 0.3 is 6.03 Å². The summed E-state index contributed by atoms with van der Waals surface area (Å²) < 4.78 is 5.27. The number of thioether (sulfide) groups is 1. The normalized spacial score (nSPS) is 34.1. The minimum Gasteiger partial charge on any atom is -0.379 e. The van der Waals surface area contributed by atoms with Crippen LogP contribution in [-0.4, -0.2) is 65.1 Å². The first-order chi connectivity index (χ1) is 8.27. The third kappa shape index (κ3) is 1.93. The van der Waals surface area contributed by atoms with Crippen LogP contribution in [0.3, 0.4) is 0 Å². The number of urea groups is 1. The topological polar surface area (TPSA) is 49.9 Å². The van der Waals surface area contributed by atoms with E-state index >= 15 is 0 Å². The highest BCUT2D eigenvalue weighted by Crippen LogP contribution is 2.28. The minimum atomic E-state index is -0.0953. The summed E-state index contributed by atoms with van der Waals surface area (Å²) in [4.78, 5) is 27.7. The highest BCUT2D eigenvalue weighted by molar-refractivity contribution is 7.99. The Morgan fingerprint density at radius 3 is 2.94 bits per heavy atom. The quantitative estimate of drug-likeness (QED) is 0.687. The molecule has 3 heterocycles. The van der Waals surface area contributed by atoms with Crippen molar-refractivity contribution >= 4 is 23.7 Å². The number of carbonyl (C=O) groups is 2. The Labute approximate surface area is 104 Å². The van der Waals surface area contributed by atoms with E-state index in [2.05, 4.69) is 0 Å². The Hall–Kier alpha value is -0.750. The number of carbonyl (C=O) groups excluding carboxylic acids is 2. The summed E-state index contributed by atoms with van der Waals surface area (Å²) >= 11 is 1.83. The SMILES string of the molecule is O=C1CC2CSCCN2C(=O)N1C1CCOC1. The van der Waals surface area contributed by atoms with E-state index in [0.29, 0.717) is 19.6 Å². The maximum atomic E-state index is 12.3. The number of amides is 3. The van der Waals surface area contributed by atoms with Gasteiger partial charge in [-0.3, -0.25) is 9.69 Å². The second-order valence-corrected chi connectivity index (χ2v) is 5.84. The average molecular weight is 256 g/mol. The van der Waals surface area contributed by atoms with Crippen LogP contribution in [0.5, 0.6) is 0 Å². The Morgan fingerprint density at radius 1 is 1.29 bits per heavy atom. The number of ether oxygens (including phenoxy) is 1. The molecule has 0 N–H and O–H groups in total. The molecule has 3 fully saturated rings. The molecule has 0 bridgehead atoms. The lowest BCUT2D eigenvalue weighted by Crippen LogP contribution is -2.62. The van der Waals surface area contributed by atoms with Crippen LogP contribution < -0.4 is 0 Å². The highest BCUT2D eigenvalue weighted by atomic mass is 32.2. The molecule has 6 heteroatoms. The molecule has 0 aromatic heterocycles.